The second-order valence-electron chi connectivity index (χ2n) is 9.44. The van der Waals surface area contributed by atoms with Crippen LogP contribution >= 0.6 is 11.3 Å². The minimum Gasteiger partial charge on any atom is -0.370 e. The van der Waals surface area contributed by atoms with Gasteiger partial charge < -0.3 is 14.5 Å². The van der Waals surface area contributed by atoms with E-state index in [4.69, 9.17) is 14.7 Å². The highest BCUT2D eigenvalue weighted by Crippen LogP contribution is 2.41. The van der Waals surface area contributed by atoms with Gasteiger partial charge in [-0.15, -0.1) is 11.3 Å². The van der Waals surface area contributed by atoms with Crippen LogP contribution in [0.1, 0.15) is 61.7 Å². The molecule has 0 amide bonds. The molecule has 2 aliphatic carbocycles. The van der Waals surface area contributed by atoms with E-state index in [-0.39, 0.29) is 0 Å². The summed E-state index contributed by atoms with van der Waals surface area (Å²) in [5.41, 5.74) is 1.56. The molecular weight excluding hydrogens is 380 g/mol. The largest absolute Gasteiger partial charge is 0.370 e. The quantitative estimate of drug-likeness (QED) is 0.834. The number of thiophene rings is 1. The van der Waals surface area contributed by atoms with Gasteiger partial charge in [0.25, 0.3) is 0 Å². The molecule has 2 aromatic rings. The lowest BCUT2D eigenvalue weighted by molar-refractivity contribution is -0.922. The highest BCUT2D eigenvalue weighted by Gasteiger charge is 2.28. The van der Waals surface area contributed by atoms with Crippen molar-refractivity contribution in [3.05, 3.63) is 16.3 Å². The Morgan fingerprint density at radius 3 is 2.69 bits per heavy atom. The predicted molar refractivity (Wildman–Crippen MR) is 119 cm³/mol. The maximum Gasteiger partial charge on any atom is 0.187 e. The molecule has 6 heteroatoms. The number of quaternary nitrogens is 1. The van der Waals surface area contributed by atoms with Gasteiger partial charge >= 0.3 is 0 Å². The zero-order valence-electron chi connectivity index (χ0n) is 18.0. The number of aromatic nitrogens is 2. The molecule has 2 fully saturated rings. The third-order valence-electron chi connectivity index (χ3n) is 7.25. The van der Waals surface area contributed by atoms with E-state index in [1.165, 1.54) is 67.4 Å². The maximum atomic E-state index is 5.55. The van der Waals surface area contributed by atoms with Crippen LogP contribution in [0.2, 0.25) is 0 Å². The summed E-state index contributed by atoms with van der Waals surface area (Å²) in [6, 6.07) is 0.628. The molecule has 1 N–H and O–H groups in total. The zero-order valence-corrected chi connectivity index (χ0v) is 18.8. The summed E-state index contributed by atoms with van der Waals surface area (Å²) < 4.78 is 5.55. The van der Waals surface area contributed by atoms with Crippen molar-refractivity contribution in [2.75, 3.05) is 38.3 Å². The van der Waals surface area contributed by atoms with Crippen LogP contribution in [0.4, 0.5) is 5.82 Å². The van der Waals surface area contributed by atoms with Crippen molar-refractivity contribution in [2.24, 2.45) is 5.92 Å². The second kappa shape index (κ2) is 8.48. The molecule has 0 radical (unpaired) electrons. The van der Waals surface area contributed by atoms with E-state index in [0.717, 1.165) is 44.6 Å². The minimum absolute atomic E-state index is 0.628. The molecule has 1 atom stereocenters. The van der Waals surface area contributed by atoms with E-state index in [0.29, 0.717) is 6.04 Å². The monoisotopic (exact) mass is 415 g/mol. The molecule has 3 heterocycles. The van der Waals surface area contributed by atoms with Gasteiger partial charge in [0.1, 0.15) is 30.3 Å². The molecule has 1 aliphatic heterocycles. The van der Waals surface area contributed by atoms with Crippen molar-refractivity contribution in [3.63, 3.8) is 0 Å². The fourth-order valence-corrected chi connectivity index (χ4v) is 6.80. The van der Waals surface area contributed by atoms with Gasteiger partial charge in [0.2, 0.25) is 0 Å². The summed E-state index contributed by atoms with van der Waals surface area (Å²) in [7, 11) is 2.29. The number of hydrogen-bond donors (Lipinski definition) is 1. The normalized spacial score (nSPS) is 24.0. The topological polar surface area (TPSA) is 42.7 Å². The Balaban J connectivity index is 1.55. The molecule has 158 valence electrons. The van der Waals surface area contributed by atoms with Gasteiger partial charge in [-0.25, -0.2) is 9.97 Å². The zero-order chi connectivity index (χ0) is 19.8. The first kappa shape index (κ1) is 19.7. The lowest BCUT2D eigenvalue weighted by Gasteiger charge is -2.33. The Bertz CT molecular complexity index is 854. The lowest BCUT2D eigenvalue weighted by Crippen LogP contribution is -3.12. The summed E-state index contributed by atoms with van der Waals surface area (Å²) in [5.74, 6) is 3.04. The molecular formula is C23H35N4OS+. The first-order chi connectivity index (χ1) is 14.2. The van der Waals surface area contributed by atoms with Gasteiger partial charge in [0.15, 0.2) is 5.82 Å². The standard InChI is InChI=1S/C23H34N4OS/c1-16-8-9-18-19(14-16)29-23-21(18)22(26(2)17-6-4-3-5-7-17)24-20(25-23)15-27-10-12-28-13-11-27/h16-17H,3-15H2,1-2H3/p+1/t16-/m0/s1. The van der Waals surface area contributed by atoms with Gasteiger partial charge in [-0.1, -0.05) is 26.2 Å². The van der Waals surface area contributed by atoms with Gasteiger partial charge in [0, 0.05) is 18.0 Å². The summed E-state index contributed by atoms with van der Waals surface area (Å²) in [6.07, 6.45) is 10.4. The van der Waals surface area contributed by atoms with Crippen LogP contribution in [-0.2, 0) is 24.1 Å². The van der Waals surface area contributed by atoms with Crippen molar-refractivity contribution in [2.45, 2.75) is 70.9 Å². The molecule has 2 aromatic heterocycles. The van der Waals surface area contributed by atoms with Crippen molar-refractivity contribution < 1.29 is 9.64 Å². The Morgan fingerprint density at radius 2 is 1.90 bits per heavy atom. The second-order valence-corrected chi connectivity index (χ2v) is 10.5. The van der Waals surface area contributed by atoms with Gasteiger partial charge in [-0.2, -0.15) is 0 Å². The molecule has 3 aliphatic rings. The predicted octanol–water partition coefficient (Wildman–Crippen LogP) is 3.00. The lowest BCUT2D eigenvalue weighted by atomic mass is 9.89. The number of hydrogen-bond acceptors (Lipinski definition) is 5. The van der Waals surface area contributed by atoms with Crippen LogP contribution in [0, 0.1) is 5.92 Å². The van der Waals surface area contributed by atoms with E-state index < -0.39 is 0 Å². The van der Waals surface area contributed by atoms with Crippen molar-refractivity contribution in [1.82, 2.24) is 9.97 Å². The van der Waals surface area contributed by atoms with Gasteiger partial charge in [-0.3, -0.25) is 0 Å². The highest BCUT2D eigenvalue weighted by atomic mass is 32.1. The smallest absolute Gasteiger partial charge is 0.187 e. The van der Waals surface area contributed by atoms with E-state index in [1.54, 1.807) is 15.3 Å². The Morgan fingerprint density at radius 1 is 1.10 bits per heavy atom. The van der Waals surface area contributed by atoms with Crippen LogP contribution in [0.3, 0.4) is 0 Å². The Labute approximate surface area is 178 Å². The van der Waals surface area contributed by atoms with Crippen molar-refractivity contribution >= 4 is 27.4 Å². The Hall–Kier alpha value is -1.24. The maximum absolute atomic E-state index is 5.55. The number of rotatable bonds is 4. The first-order valence-corrected chi connectivity index (χ1v) is 12.5. The summed E-state index contributed by atoms with van der Waals surface area (Å²) in [5, 5.41) is 1.38. The number of anilines is 1. The molecule has 0 bridgehead atoms. The number of nitrogens with one attached hydrogen (secondary N) is 1. The van der Waals surface area contributed by atoms with E-state index >= 15 is 0 Å². The molecule has 0 aromatic carbocycles. The SMILES string of the molecule is C[C@H]1CCc2c(sc3nc(C[NH+]4CCOCC4)nc(N(C)C4CCCCC4)c23)C1. The minimum atomic E-state index is 0.628. The molecule has 5 rings (SSSR count). The average Bonchev–Trinajstić information content (AvgIpc) is 3.11. The van der Waals surface area contributed by atoms with Crippen LogP contribution < -0.4 is 9.80 Å². The summed E-state index contributed by atoms with van der Waals surface area (Å²) in [6.45, 7) is 7.15. The highest BCUT2D eigenvalue weighted by molar-refractivity contribution is 7.19. The van der Waals surface area contributed by atoms with Crippen molar-refractivity contribution in [3.8, 4) is 0 Å². The third-order valence-corrected chi connectivity index (χ3v) is 8.40. The van der Waals surface area contributed by atoms with Gasteiger partial charge in [-0.05, 0) is 43.6 Å². The molecule has 1 saturated heterocycles. The fourth-order valence-electron chi connectivity index (χ4n) is 5.40. The Kier molecular flexibility index (Phi) is 5.76. The molecule has 1 saturated carbocycles. The number of fused-ring (bicyclic) bond motifs is 3. The summed E-state index contributed by atoms with van der Waals surface area (Å²) in [4.78, 5) is 17.2. The number of nitrogens with zero attached hydrogens (tertiary/aromatic N) is 3. The molecule has 29 heavy (non-hydrogen) atoms. The van der Waals surface area contributed by atoms with Crippen LogP contribution in [-0.4, -0.2) is 49.4 Å². The number of aryl methyl sites for hydroxylation is 1. The van der Waals surface area contributed by atoms with Gasteiger partial charge in [0.05, 0.1) is 18.6 Å². The first-order valence-electron chi connectivity index (χ1n) is 11.6. The van der Waals surface area contributed by atoms with E-state index in [2.05, 4.69) is 18.9 Å². The molecule has 0 unspecified atom stereocenters. The van der Waals surface area contributed by atoms with E-state index in [9.17, 15) is 0 Å². The number of morpholine rings is 1. The van der Waals surface area contributed by atoms with Crippen molar-refractivity contribution in [1.29, 1.82) is 0 Å². The van der Waals surface area contributed by atoms with Crippen LogP contribution in [0.5, 0.6) is 0 Å². The fraction of sp³-hybridized carbons (Fsp3) is 0.739. The average molecular weight is 416 g/mol. The molecule has 0 spiro atoms. The van der Waals surface area contributed by atoms with Crippen LogP contribution in [0.15, 0.2) is 0 Å². The number of ether oxygens (including phenoxy) is 1. The summed E-state index contributed by atoms with van der Waals surface area (Å²) >= 11 is 1.95. The van der Waals surface area contributed by atoms with E-state index in [1.807, 2.05) is 11.3 Å². The van der Waals surface area contributed by atoms with Crippen LogP contribution in [0.25, 0.3) is 10.2 Å². The molecule has 5 nitrogen and oxygen atoms in total. The third kappa shape index (κ3) is 4.04.